The first-order chi connectivity index (χ1) is 7.49. The molecule has 0 aliphatic heterocycles. The van der Waals surface area contributed by atoms with Crippen LogP contribution >= 0.6 is 23.2 Å². The van der Waals surface area contributed by atoms with Gasteiger partial charge < -0.3 is 20.4 Å². The number of alkyl halides is 2. The molecule has 0 heterocycles. The van der Waals surface area contributed by atoms with Crippen molar-refractivity contribution < 1.29 is 25.2 Å². The molecule has 98 valence electrons. The second-order valence-corrected chi connectivity index (χ2v) is 3.75. The average Bonchev–Trinajstić information content (AvgIpc) is 2.19. The van der Waals surface area contributed by atoms with Gasteiger partial charge in [-0.2, -0.15) is 0 Å². The summed E-state index contributed by atoms with van der Waals surface area (Å²) in [4.78, 5) is 9.94. The maximum absolute atomic E-state index is 9.44. The number of aliphatic carboxylic acids is 1. The zero-order chi connectivity index (χ0) is 13.0. The lowest BCUT2D eigenvalue weighted by Gasteiger charge is -2.17. The van der Waals surface area contributed by atoms with Gasteiger partial charge in [0.2, 0.25) is 4.84 Å². The second-order valence-electron chi connectivity index (χ2n) is 2.65. The first-order valence-corrected chi connectivity index (χ1v) is 5.42. The third-order valence-corrected chi connectivity index (χ3v) is 1.81. The average molecular weight is 278 g/mol. The van der Waals surface area contributed by atoms with Crippen LogP contribution in [0.3, 0.4) is 0 Å². The largest absolute Gasteiger partial charge is 0.479 e. The van der Waals surface area contributed by atoms with E-state index in [1.807, 2.05) is 0 Å². The number of carboxylic acid groups (broad SMARTS) is 1. The van der Waals surface area contributed by atoms with Crippen molar-refractivity contribution in [1.82, 2.24) is 4.90 Å². The molecule has 0 spiro atoms. The Morgan fingerprint density at radius 2 is 1.25 bits per heavy atom. The SMILES string of the molecule is O=C(O)C(Cl)Cl.OCCN(CCO)CCO. The lowest BCUT2D eigenvalue weighted by molar-refractivity contribution is -0.135. The van der Waals surface area contributed by atoms with Crippen LogP contribution in [0.1, 0.15) is 0 Å². The van der Waals surface area contributed by atoms with E-state index in [1.165, 1.54) is 0 Å². The molecule has 8 heteroatoms. The van der Waals surface area contributed by atoms with Gasteiger partial charge in [-0.3, -0.25) is 4.90 Å². The molecular formula is C8H17Cl2NO5. The highest BCUT2D eigenvalue weighted by molar-refractivity contribution is 6.52. The van der Waals surface area contributed by atoms with E-state index in [4.69, 9.17) is 43.6 Å². The van der Waals surface area contributed by atoms with Crippen LogP contribution < -0.4 is 0 Å². The van der Waals surface area contributed by atoms with Crippen molar-refractivity contribution in [3.63, 3.8) is 0 Å². The number of hydrogen-bond donors (Lipinski definition) is 4. The highest BCUT2D eigenvalue weighted by Gasteiger charge is 2.05. The number of aliphatic hydroxyl groups excluding tert-OH is 3. The van der Waals surface area contributed by atoms with Crippen LogP contribution in [0.4, 0.5) is 0 Å². The predicted octanol–water partition coefficient (Wildman–Crippen LogP) is -0.860. The van der Waals surface area contributed by atoms with Gasteiger partial charge in [-0.15, -0.1) is 0 Å². The third kappa shape index (κ3) is 13.9. The highest BCUT2D eigenvalue weighted by Crippen LogP contribution is 1.98. The number of carbonyl (C=O) groups is 1. The normalized spacial score (nSPS) is 10.2. The van der Waals surface area contributed by atoms with Gasteiger partial charge >= 0.3 is 5.97 Å². The zero-order valence-electron chi connectivity index (χ0n) is 8.72. The van der Waals surface area contributed by atoms with Crippen molar-refractivity contribution in [1.29, 1.82) is 0 Å². The molecule has 16 heavy (non-hydrogen) atoms. The fourth-order valence-electron chi connectivity index (χ4n) is 0.760. The van der Waals surface area contributed by atoms with Gasteiger partial charge in [0.15, 0.2) is 0 Å². The van der Waals surface area contributed by atoms with Crippen LogP contribution in [0.15, 0.2) is 0 Å². The van der Waals surface area contributed by atoms with Crippen LogP contribution in [0.2, 0.25) is 0 Å². The standard InChI is InChI=1S/C6H15NO3.C2H2Cl2O2/c8-4-1-7(2-5-9)3-6-10;3-1(4)2(5)6/h8-10H,1-6H2;1H,(H,5,6). The minimum Gasteiger partial charge on any atom is -0.479 e. The number of halogens is 2. The van der Waals surface area contributed by atoms with Crippen LogP contribution in [0.25, 0.3) is 0 Å². The van der Waals surface area contributed by atoms with Crippen molar-refractivity contribution >= 4 is 29.2 Å². The minimum absolute atomic E-state index is 0.0694. The molecule has 0 unspecified atom stereocenters. The fourth-order valence-corrected chi connectivity index (χ4v) is 0.760. The highest BCUT2D eigenvalue weighted by atomic mass is 35.5. The minimum atomic E-state index is -1.29. The Hall–Kier alpha value is -0.110. The van der Waals surface area contributed by atoms with Gasteiger partial charge in [0.1, 0.15) is 0 Å². The number of aliphatic hydroxyl groups is 3. The van der Waals surface area contributed by atoms with Crippen molar-refractivity contribution in [2.45, 2.75) is 4.84 Å². The number of carboxylic acids is 1. The molecule has 0 bridgehead atoms. The molecular weight excluding hydrogens is 261 g/mol. The predicted molar refractivity (Wildman–Crippen MR) is 60.8 cm³/mol. The number of hydrogen-bond acceptors (Lipinski definition) is 5. The number of rotatable bonds is 7. The van der Waals surface area contributed by atoms with E-state index in [1.54, 1.807) is 4.90 Å². The molecule has 4 N–H and O–H groups in total. The van der Waals surface area contributed by atoms with Crippen molar-refractivity contribution in [3.8, 4) is 0 Å². The van der Waals surface area contributed by atoms with E-state index in [-0.39, 0.29) is 19.8 Å². The molecule has 0 aromatic rings. The summed E-state index contributed by atoms with van der Waals surface area (Å²) in [5.74, 6) is -1.21. The molecule has 6 nitrogen and oxygen atoms in total. The summed E-state index contributed by atoms with van der Waals surface area (Å²) >= 11 is 9.56. The van der Waals surface area contributed by atoms with E-state index in [0.717, 1.165) is 0 Å². The smallest absolute Gasteiger partial charge is 0.337 e. The van der Waals surface area contributed by atoms with Gasteiger partial charge in [-0.25, -0.2) is 4.79 Å². The van der Waals surface area contributed by atoms with Crippen LogP contribution in [-0.4, -0.2) is 75.6 Å². The van der Waals surface area contributed by atoms with Gasteiger partial charge in [0.05, 0.1) is 19.8 Å². The van der Waals surface area contributed by atoms with E-state index >= 15 is 0 Å². The Balaban J connectivity index is 0. The van der Waals surface area contributed by atoms with Gasteiger partial charge in [-0.1, -0.05) is 23.2 Å². The van der Waals surface area contributed by atoms with Gasteiger partial charge in [0.25, 0.3) is 0 Å². The van der Waals surface area contributed by atoms with E-state index < -0.39 is 10.8 Å². The second kappa shape index (κ2) is 13.0. The van der Waals surface area contributed by atoms with Crippen LogP contribution in [0, 0.1) is 0 Å². The van der Waals surface area contributed by atoms with Crippen LogP contribution in [-0.2, 0) is 4.79 Å². The van der Waals surface area contributed by atoms with Crippen molar-refractivity contribution in [2.75, 3.05) is 39.5 Å². The summed E-state index contributed by atoms with van der Waals surface area (Å²) in [5.41, 5.74) is 0. The lowest BCUT2D eigenvalue weighted by atomic mass is 10.4. The molecule has 0 aromatic heterocycles. The Labute approximate surface area is 104 Å². The summed E-state index contributed by atoms with van der Waals surface area (Å²) in [6.45, 7) is 1.75. The van der Waals surface area contributed by atoms with Crippen LogP contribution in [0.5, 0.6) is 0 Å². The molecule has 0 atom stereocenters. The van der Waals surface area contributed by atoms with Crippen molar-refractivity contribution in [3.05, 3.63) is 0 Å². The molecule has 0 aliphatic carbocycles. The molecule has 0 aliphatic rings. The summed E-state index contributed by atoms with van der Waals surface area (Å²) in [6, 6.07) is 0. The van der Waals surface area contributed by atoms with Gasteiger partial charge in [-0.05, 0) is 0 Å². The van der Waals surface area contributed by atoms with E-state index in [0.29, 0.717) is 19.6 Å². The molecule has 0 fully saturated rings. The molecule has 0 amide bonds. The fraction of sp³-hybridized carbons (Fsp3) is 0.875. The third-order valence-electron chi connectivity index (χ3n) is 1.44. The quantitative estimate of drug-likeness (QED) is 0.452. The number of nitrogens with zero attached hydrogens (tertiary/aromatic N) is 1. The molecule has 0 rings (SSSR count). The maximum Gasteiger partial charge on any atom is 0.337 e. The topological polar surface area (TPSA) is 101 Å². The molecule has 0 saturated carbocycles. The first-order valence-electron chi connectivity index (χ1n) is 4.55. The first kappa shape index (κ1) is 18.3. The van der Waals surface area contributed by atoms with Gasteiger partial charge in [0, 0.05) is 19.6 Å². The Kier molecular flexibility index (Phi) is 14.8. The molecule has 0 radical (unpaired) electrons. The van der Waals surface area contributed by atoms with E-state index in [2.05, 4.69) is 0 Å². The zero-order valence-corrected chi connectivity index (χ0v) is 10.2. The maximum atomic E-state index is 9.44. The summed E-state index contributed by atoms with van der Waals surface area (Å²) in [7, 11) is 0. The van der Waals surface area contributed by atoms with Crippen molar-refractivity contribution in [2.24, 2.45) is 0 Å². The monoisotopic (exact) mass is 277 g/mol. The molecule has 0 aromatic carbocycles. The Bertz CT molecular complexity index is 156. The summed E-state index contributed by atoms with van der Waals surface area (Å²) in [5, 5.41) is 33.2. The molecule has 0 saturated heterocycles. The van der Waals surface area contributed by atoms with E-state index in [9.17, 15) is 4.79 Å². The lowest BCUT2D eigenvalue weighted by Crippen LogP contribution is -2.32. The summed E-state index contributed by atoms with van der Waals surface area (Å²) < 4.78 is 0. The Morgan fingerprint density at radius 1 is 1.00 bits per heavy atom. The Morgan fingerprint density at radius 3 is 1.38 bits per heavy atom. The summed E-state index contributed by atoms with van der Waals surface area (Å²) in [6.07, 6.45) is 0.